The number of aryl methyl sites for hydroxylation is 1. The molecule has 8 nitrogen and oxygen atoms in total. The Bertz CT molecular complexity index is 1370. The van der Waals surface area contributed by atoms with Crippen LogP contribution in [-0.2, 0) is 20.9 Å². The predicted molar refractivity (Wildman–Crippen MR) is 147 cm³/mol. The van der Waals surface area contributed by atoms with Gasteiger partial charge in [0.25, 0.3) is 11.7 Å². The van der Waals surface area contributed by atoms with Gasteiger partial charge in [0.1, 0.15) is 18.1 Å². The van der Waals surface area contributed by atoms with Crippen molar-refractivity contribution in [2.45, 2.75) is 26.0 Å². The SMILES string of the molecule is COCCCN1C(=O)C(=O)C(=C(O)c2ccc(OCc3ccccc3)cc2C)[C@@H]1c1ccc(OC)c(OC)c1. The summed E-state index contributed by atoms with van der Waals surface area (Å²) in [6.45, 7) is 2.92. The van der Waals surface area contributed by atoms with Gasteiger partial charge < -0.3 is 29.0 Å². The second-order valence-corrected chi connectivity index (χ2v) is 9.20. The van der Waals surface area contributed by atoms with Crippen LogP contribution in [0, 0.1) is 6.92 Å². The number of rotatable bonds is 11. The number of amides is 1. The molecule has 1 heterocycles. The minimum atomic E-state index is -0.810. The van der Waals surface area contributed by atoms with Gasteiger partial charge >= 0.3 is 0 Å². The highest BCUT2D eigenvalue weighted by Crippen LogP contribution is 2.42. The zero-order valence-corrected chi connectivity index (χ0v) is 22.6. The molecule has 0 radical (unpaired) electrons. The van der Waals surface area contributed by atoms with Gasteiger partial charge in [0.2, 0.25) is 0 Å². The van der Waals surface area contributed by atoms with Gasteiger partial charge in [0.15, 0.2) is 11.5 Å². The lowest BCUT2D eigenvalue weighted by Crippen LogP contribution is -2.31. The Balaban J connectivity index is 1.73. The zero-order chi connectivity index (χ0) is 27.9. The number of hydrogen-bond donors (Lipinski definition) is 1. The van der Waals surface area contributed by atoms with Crippen LogP contribution in [0.2, 0.25) is 0 Å². The molecule has 1 aliphatic heterocycles. The van der Waals surface area contributed by atoms with E-state index in [9.17, 15) is 14.7 Å². The van der Waals surface area contributed by atoms with Gasteiger partial charge in [0.05, 0.1) is 25.8 Å². The van der Waals surface area contributed by atoms with Gasteiger partial charge in [-0.2, -0.15) is 0 Å². The number of hydrogen-bond acceptors (Lipinski definition) is 7. The van der Waals surface area contributed by atoms with E-state index in [4.69, 9.17) is 18.9 Å². The summed E-state index contributed by atoms with van der Waals surface area (Å²) in [5, 5.41) is 11.5. The van der Waals surface area contributed by atoms with E-state index >= 15 is 0 Å². The van der Waals surface area contributed by atoms with Crippen molar-refractivity contribution in [3.63, 3.8) is 0 Å². The standard InChI is InChI=1S/C31H33NO7/c1-20-17-23(39-19-21-9-6-5-7-10-21)12-13-24(20)29(33)27-28(22-11-14-25(37-3)26(18-22)38-4)32(15-8-16-36-2)31(35)30(27)34/h5-7,9-14,17-18,28,33H,8,15-16,19H2,1-4H3/t28-/m0/s1. The molecule has 1 fully saturated rings. The Morgan fingerprint density at radius 2 is 1.67 bits per heavy atom. The molecule has 0 unspecified atom stereocenters. The first-order valence-electron chi connectivity index (χ1n) is 12.7. The first-order valence-corrected chi connectivity index (χ1v) is 12.7. The number of Topliss-reactive ketones (excluding diaryl/α,β-unsaturated/α-hetero) is 1. The summed E-state index contributed by atoms with van der Waals surface area (Å²) in [5.74, 6) is -0.0617. The molecule has 204 valence electrons. The lowest BCUT2D eigenvalue weighted by molar-refractivity contribution is -0.140. The van der Waals surface area contributed by atoms with Gasteiger partial charge in [-0.25, -0.2) is 0 Å². The number of ether oxygens (including phenoxy) is 4. The lowest BCUT2D eigenvalue weighted by atomic mass is 9.93. The molecule has 4 rings (SSSR count). The van der Waals surface area contributed by atoms with Crippen LogP contribution in [0.4, 0.5) is 0 Å². The van der Waals surface area contributed by atoms with Crippen molar-refractivity contribution in [1.29, 1.82) is 0 Å². The summed E-state index contributed by atoms with van der Waals surface area (Å²) >= 11 is 0. The molecule has 3 aromatic rings. The first-order chi connectivity index (χ1) is 18.9. The number of nitrogens with zero attached hydrogens (tertiary/aromatic N) is 1. The molecule has 0 saturated carbocycles. The Morgan fingerprint density at radius 3 is 2.33 bits per heavy atom. The normalized spacial score (nSPS) is 16.4. The molecule has 1 N–H and O–H groups in total. The molecule has 8 heteroatoms. The van der Waals surface area contributed by atoms with Crippen LogP contribution in [0.15, 0.2) is 72.3 Å². The number of benzene rings is 3. The number of aliphatic hydroxyl groups excluding tert-OH is 1. The molecular weight excluding hydrogens is 498 g/mol. The van der Waals surface area contributed by atoms with Crippen molar-refractivity contribution >= 4 is 17.4 Å². The average molecular weight is 532 g/mol. The van der Waals surface area contributed by atoms with E-state index in [1.165, 1.54) is 19.1 Å². The van der Waals surface area contributed by atoms with Gasteiger partial charge in [-0.15, -0.1) is 0 Å². The fourth-order valence-corrected chi connectivity index (χ4v) is 4.74. The fourth-order valence-electron chi connectivity index (χ4n) is 4.74. The number of aliphatic hydroxyl groups is 1. The van der Waals surface area contributed by atoms with Crippen molar-refractivity contribution in [1.82, 2.24) is 4.90 Å². The van der Waals surface area contributed by atoms with Crippen LogP contribution in [0.5, 0.6) is 17.2 Å². The Hall–Kier alpha value is -4.30. The summed E-state index contributed by atoms with van der Waals surface area (Å²) in [7, 11) is 4.63. The number of likely N-dealkylation sites (tertiary alicyclic amines) is 1. The zero-order valence-electron chi connectivity index (χ0n) is 22.6. The molecule has 0 aromatic heterocycles. The van der Waals surface area contributed by atoms with Crippen molar-refractivity contribution in [2.75, 3.05) is 34.5 Å². The van der Waals surface area contributed by atoms with Gasteiger partial charge in [0, 0.05) is 25.8 Å². The van der Waals surface area contributed by atoms with Crippen molar-refractivity contribution in [3.8, 4) is 17.2 Å². The lowest BCUT2D eigenvalue weighted by Gasteiger charge is -2.26. The average Bonchev–Trinajstić information content (AvgIpc) is 3.21. The molecule has 1 aliphatic rings. The molecule has 1 atom stereocenters. The Morgan fingerprint density at radius 1 is 0.923 bits per heavy atom. The second-order valence-electron chi connectivity index (χ2n) is 9.20. The molecule has 1 amide bonds. The highest BCUT2D eigenvalue weighted by Gasteiger charge is 2.46. The first kappa shape index (κ1) is 27.7. The molecule has 0 bridgehead atoms. The van der Waals surface area contributed by atoms with E-state index in [1.807, 2.05) is 37.3 Å². The maximum absolute atomic E-state index is 13.3. The predicted octanol–water partition coefficient (Wildman–Crippen LogP) is 5.05. The van der Waals surface area contributed by atoms with Gasteiger partial charge in [-0.3, -0.25) is 9.59 Å². The van der Waals surface area contributed by atoms with E-state index in [1.54, 1.807) is 43.5 Å². The van der Waals surface area contributed by atoms with Crippen LogP contribution in [-0.4, -0.2) is 56.2 Å². The van der Waals surface area contributed by atoms with E-state index in [0.29, 0.717) is 53.6 Å². The fraction of sp³-hybridized carbons (Fsp3) is 0.290. The summed E-state index contributed by atoms with van der Waals surface area (Å²) in [6, 6.07) is 19.4. The molecule has 0 spiro atoms. The molecule has 1 saturated heterocycles. The van der Waals surface area contributed by atoms with Gasteiger partial charge in [-0.1, -0.05) is 36.4 Å². The highest BCUT2D eigenvalue weighted by molar-refractivity contribution is 6.46. The second kappa shape index (κ2) is 12.5. The summed E-state index contributed by atoms with van der Waals surface area (Å²) in [6.07, 6.45) is 0.528. The summed E-state index contributed by atoms with van der Waals surface area (Å²) in [5.41, 5.74) is 2.82. The van der Waals surface area contributed by atoms with E-state index in [-0.39, 0.29) is 17.9 Å². The Labute approximate surface area is 228 Å². The third-order valence-electron chi connectivity index (χ3n) is 6.71. The van der Waals surface area contributed by atoms with Crippen LogP contribution >= 0.6 is 0 Å². The van der Waals surface area contributed by atoms with Crippen molar-refractivity contribution < 1.29 is 33.6 Å². The smallest absolute Gasteiger partial charge is 0.295 e. The van der Waals surface area contributed by atoms with Crippen LogP contribution in [0.25, 0.3) is 5.76 Å². The van der Waals surface area contributed by atoms with Crippen LogP contribution in [0.1, 0.15) is 34.7 Å². The third-order valence-corrected chi connectivity index (χ3v) is 6.71. The van der Waals surface area contributed by atoms with Crippen molar-refractivity contribution in [3.05, 3.63) is 94.6 Å². The molecule has 39 heavy (non-hydrogen) atoms. The maximum atomic E-state index is 13.3. The summed E-state index contributed by atoms with van der Waals surface area (Å²) in [4.78, 5) is 28.0. The highest BCUT2D eigenvalue weighted by atomic mass is 16.5. The minimum Gasteiger partial charge on any atom is -0.507 e. The maximum Gasteiger partial charge on any atom is 0.295 e. The molecule has 0 aliphatic carbocycles. The number of carbonyl (C=O) groups is 2. The van der Waals surface area contributed by atoms with E-state index < -0.39 is 17.7 Å². The monoisotopic (exact) mass is 531 g/mol. The van der Waals surface area contributed by atoms with E-state index in [0.717, 1.165) is 5.56 Å². The minimum absolute atomic E-state index is 0.0192. The third kappa shape index (κ3) is 5.91. The number of methoxy groups -OCH3 is 3. The van der Waals surface area contributed by atoms with Crippen molar-refractivity contribution in [2.24, 2.45) is 0 Å². The van der Waals surface area contributed by atoms with Crippen LogP contribution in [0.3, 0.4) is 0 Å². The van der Waals surface area contributed by atoms with E-state index in [2.05, 4.69) is 0 Å². The van der Waals surface area contributed by atoms with Crippen LogP contribution < -0.4 is 14.2 Å². The quantitative estimate of drug-likeness (QED) is 0.160. The molecule has 3 aromatic carbocycles. The number of ketones is 1. The van der Waals surface area contributed by atoms with Gasteiger partial charge in [-0.05, 0) is 60.4 Å². The topological polar surface area (TPSA) is 94.5 Å². The largest absolute Gasteiger partial charge is 0.507 e. The molecular formula is C31H33NO7. The Kier molecular flexibility index (Phi) is 8.88. The number of carbonyl (C=O) groups excluding carboxylic acids is 2. The summed E-state index contributed by atoms with van der Waals surface area (Å²) < 4.78 is 21.9.